The van der Waals surface area contributed by atoms with E-state index in [9.17, 15) is 18.4 Å². The van der Waals surface area contributed by atoms with E-state index in [1.54, 1.807) is 6.20 Å². The van der Waals surface area contributed by atoms with E-state index in [-0.39, 0.29) is 43.3 Å². The molecular formula is C28H32F3N11O. The van der Waals surface area contributed by atoms with Crippen molar-refractivity contribution in [3.63, 3.8) is 0 Å². The lowest BCUT2D eigenvalue weighted by Gasteiger charge is -2.52. The zero-order valence-electron chi connectivity index (χ0n) is 23.3. The van der Waals surface area contributed by atoms with Crippen LogP contribution in [-0.4, -0.2) is 83.0 Å². The molecule has 4 aromatic rings. The Labute approximate surface area is 245 Å². The molecule has 0 unspecified atom stereocenters. The van der Waals surface area contributed by atoms with Gasteiger partial charge in [-0.25, -0.2) is 19.9 Å². The average Bonchev–Trinajstić information content (AvgIpc) is 3.65. The molecule has 4 aromatic heterocycles. The van der Waals surface area contributed by atoms with Crippen LogP contribution in [0.25, 0.3) is 22.3 Å². The summed E-state index contributed by atoms with van der Waals surface area (Å²) >= 11 is 0. The Balaban J connectivity index is 1.08. The van der Waals surface area contributed by atoms with Crippen molar-refractivity contribution in [1.82, 2.24) is 44.9 Å². The highest BCUT2D eigenvalue weighted by atomic mass is 19.4. The Kier molecular flexibility index (Phi) is 7.99. The molecule has 2 fully saturated rings. The van der Waals surface area contributed by atoms with E-state index in [0.717, 1.165) is 61.1 Å². The van der Waals surface area contributed by atoms with Gasteiger partial charge in [0.25, 0.3) is 0 Å². The van der Waals surface area contributed by atoms with Gasteiger partial charge < -0.3 is 25.6 Å². The van der Waals surface area contributed by atoms with Crippen LogP contribution in [0.1, 0.15) is 43.6 Å². The number of piperidine rings is 1. The maximum absolute atomic E-state index is 13.4. The van der Waals surface area contributed by atoms with E-state index >= 15 is 0 Å². The molecule has 4 N–H and O–H groups in total. The minimum atomic E-state index is -4.66. The molecule has 1 saturated heterocycles. The van der Waals surface area contributed by atoms with Crippen LogP contribution in [0.2, 0.25) is 0 Å². The predicted octanol–water partition coefficient (Wildman–Crippen LogP) is 3.06. The fraction of sp³-hybridized carbons (Fsp3) is 0.500. The highest BCUT2D eigenvalue weighted by Crippen LogP contribution is 2.45. The molecular weight excluding hydrogens is 563 g/mol. The lowest BCUT2D eigenvalue weighted by Crippen LogP contribution is -2.58. The third kappa shape index (κ3) is 6.03. The fourth-order valence-electron chi connectivity index (χ4n) is 6.14. The molecule has 6 rings (SSSR count). The lowest BCUT2D eigenvalue weighted by molar-refractivity contribution is -0.145. The van der Waals surface area contributed by atoms with Gasteiger partial charge in [-0.1, -0.05) is 0 Å². The van der Waals surface area contributed by atoms with E-state index < -0.39 is 17.5 Å². The summed E-state index contributed by atoms with van der Waals surface area (Å²) in [5, 5.41) is 30.2. The number of nitrogens with zero attached hydrogens (tertiary/aromatic N) is 8. The molecule has 43 heavy (non-hydrogen) atoms. The van der Waals surface area contributed by atoms with Gasteiger partial charge in [0.05, 0.1) is 42.2 Å². The molecule has 0 aromatic carbocycles. The van der Waals surface area contributed by atoms with Crippen molar-refractivity contribution in [3.8, 4) is 17.3 Å². The van der Waals surface area contributed by atoms with Gasteiger partial charge in [-0.2, -0.15) is 23.5 Å². The number of H-pyrrole nitrogens is 1. The minimum Gasteiger partial charge on any atom is -0.395 e. The topological polar surface area (TPSA) is 156 Å². The molecule has 0 spiro atoms. The number of hydrogen-bond donors (Lipinski definition) is 4. The Bertz CT molecular complexity index is 1600. The smallest absolute Gasteiger partial charge is 0.395 e. The first-order chi connectivity index (χ1) is 20.8. The summed E-state index contributed by atoms with van der Waals surface area (Å²) in [5.74, 6) is -1.04. The monoisotopic (exact) mass is 595 g/mol. The second-order valence-corrected chi connectivity index (χ2v) is 11.2. The van der Waals surface area contributed by atoms with Crippen molar-refractivity contribution in [2.75, 3.05) is 31.6 Å². The standard InChI is InChI=1S/C28H32F3N11O/c29-28(30,31)26-39-20(15-33-7-10-43)11-23(40-26)38-19-2-8-41(9-3-19)21-12-27(13-21,4-5-32)42-16-18(14-37-42)24-22-1-6-34-25(22)36-17-35-24/h1,6,11,14,16-17,19,21,33,43H,2-4,7-10,12-13,15H2,(H,34,35,36)(H,38,39,40)/t21-,27+. The number of likely N-dealkylation sites (tertiary alicyclic amines) is 1. The zero-order chi connectivity index (χ0) is 30.0. The Hall–Kier alpha value is -4.13. The molecule has 1 saturated carbocycles. The molecule has 0 amide bonds. The maximum atomic E-state index is 13.4. The molecule has 12 nitrogen and oxygen atoms in total. The third-order valence-electron chi connectivity index (χ3n) is 8.36. The third-order valence-corrected chi connectivity index (χ3v) is 8.36. The maximum Gasteiger partial charge on any atom is 0.451 e. The summed E-state index contributed by atoms with van der Waals surface area (Å²) in [4.78, 5) is 21.6. The quantitative estimate of drug-likeness (QED) is 0.201. The van der Waals surface area contributed by atoms with E-state index in [0.29, 0.717) is 6.42 Å². The summed E-state index contributed by atoms with van der Waals surface area (Å²) in [7, 11) is 0. The van der Waals surface area contributed by atoms with Crippen LogP contribution in [-0.2, 0) is 18.3 Å². The van der Waals surface area contributed by atoms with Crippen molar-refractivity contribution in [2.24, 2.45) is 0 Å². The minimum absolute atomic E-state index is 0.0266. The number of fused-ring (bicyclic) bond motifs is 1. The lowest BCUT2D eigenvalue weighted by atomic mass is 9.69. The van der Waals surface area contributed by atoms with Crippen molar-refractivity contribution in [3.05, 3.63) is 48.6 Å². The number of aliphatic hydroxyl groups excluding tert-OH is 1. The van der Waals surface area contributed by atoms with Gasteiger partial charge in [-0.3, -0.25) is 4.68 Å². The van der Waals surface area contributed by atoms with Crippen molar-refractivity contribution in [2.45, 2.75) is 62.4 Å². The van der Waals surface area contributed by atoms with Crippen molar-refractivity contribution >= 4 is 16.9 Å². The van der Waals surface area contributed by atoms with Gasteiger partial charge >= 0.3 is 6.18 Å². The molecule has 1 aliphatic carbocycles. The van der Waals surface area contributed by atoms with Gasteiger partial charge in [-0.05, 0) is 31.7 Å². The highest BCUT2D eigenvalue weighted by Gasteiger charge is 2.49. The number of aromatic amines is 1. The second-order valence-electron chi connectivity index (χ2n) is 11.2. The van der Waals surface area contributed by atoms with Crippen LogP contribution in [0.3, 0.4) is 0 Å². The summed E-state index contributed by atoms with van der Waals surface area (Å²) in [5.41, 5.74) is 2.21. The summed E-state index contributed by atoms with van der Waals surface area (Å²) in [6.07, 6.45) is 5.83. The summed E-state index contributed by atoms with van der Waals surface area (Å²) in [6, 6.07) is 6.06. The molecule has 0 atom stereocenters. The highest BCUT2D eigenvalue weighted by molar-refractivity contribution is 5.90. The van der Waals surface area contributed by atoms with Gasteiger partial charge in [0.15, 0.2) is 0 Å². The van der Waals surface area contributed by atoms with Crippen LogP contribution in [0, 0.1) is 11.3 Å². The summed E-state index contributed by atoms with van der Waals surface area (Å²) < 4.78 is 42.2. The SMILES string of the molecule is N#CC[C@]1(n2cc(-c3ncnc4[nH]ccc34)cn2)C[C@@H](N2CCC(Nc3cc(CNCCO)nc(C(F)(F)F)n3)CC2)C1. The van der Waals surface area contributed by atoms with Gasteiger partial charge in [0.2, 0.25) is 5.82 Å². The molecule has 0 radical (unpaired) electrons. The second kappa shape index (κ2) is 11.9. The van der Waals surface area contributed by atoms with Crippen LogP contribution in [0.5, 0.6) is 0 Å². The van der Waals surface area contributed by atoms with E-state index in [1.165, 1.54) is 12.4 Å². The Morgan fingerprint density at radius 1 is 1.19 bits per heavy atom. The number of halogens is 3. The van der Waals surface area contributed by atoms with Crippen molar-refractivity contribution < 1.29 is 18.3 Å². The van der Waals surface area contributed by atoms with E-state index in [4.69, 9.17) is 5.11 Å². The Morgan fingerprint density at radius 2 is 2.00 bits per heavy atom. The molecule has 0 bridgehead atoms. The first-order valence-electron chi connectivity index (χ1n) is 14.3. The van der Waals surface area contributed by atoms with Crippen LogP contribution in [0.15, 0.2) is 37.1 Å². The van der Waals surface area contributed by atoms with Gasteiger partial charge in [0.1, 0.15) is 17.8 Å². The largest absolute Gasteiger partial charge is 0.451 e. The van der Waals surface area contributed by atoms with Crippen LogP contribution < -0.4 is 10.6 Å². The number of rotatable bonds is 10. The molecule has 226 valence electrons. The average molecular weight is 596 g/mol. The number of aliphatic hydroxyl groups is 1. The predicted molar refractivity (Wildman–Crippen MR) is 150 cm³/mol. The van der Waals surface area contributed by atoms with Gasteiger partial charge in [0, 0.05) is 67.7 Å². The van der Waals surface area contributed by atoms with Crippen LogP contribution >= 0.6 is 0 Å². The fourth-order valence-corrected chi connectivity index (χ4v) is 6.14. The van der Waals surface area contributed by atoms with Crippen molar-refractivity contribution in [1.29, 1.82) is 5.26 Å². The number of aromatic nitrogens is 7. The number of anilines is 1. The number of alkyl halides is 3. The van der Waals surface area contributed by atoms with Crippen LogP contribution in [0.4, 0.5) is 19.0 Å². The molecule has 15 heteroatoms. The molecule has 5 heterocycles. The van der Waals surface area contributed by atoms with Gasteiger partial charge in [-0.15, -0.1) is 0 Å². The molecule has 1 aliphatic heterocycles. The first-order valence-corrected chi connectivity index (χ1v) is 14.3. The number of nitriles is 1. The normalized spacial score (nSPS) is 21.5. The Morgan fingerprint density at radius 3 is 2.74 bits per heavy atom. The van der Waals surface area contributed by atoms with E-state index in [1.807, 2.05) is 23.1 Å². The first kappa shape index (κ1) is 29.0. The number of hydrogen-bond acceptors (Lipinski definition) is 10. The summed E-state index contributed by atoms with van der Waals surface area (Å²) in [6.45, 7) is 1.79. The van der Waals surface area contributed by atoms with E-state index in [2.05, 4.69) is 51.6 Å². The number of nitrogens with one attached hydrogen (secondary N) is 3. The zero-order valence-corrected chi connectivity index (χ0v) is 23.3. The molecule has 2 aliphatic rings.